The Morgan fingerprint density at radius 1 is 0.500 bits per heavy atom. The molecule has 0 atom stereocenters. The van der Waals surface area contributed by atoms with Gasteiger partial charge in [0, 0.05) is 22.7 Å². The molecule has 4 aromatic carbocycles. The number of anilines is 5. The zero-order valence-corrected chi connectivity index (χ0v) is 19.8. The number of rotatable bonds is 7. The highest BCUT2D eigenvalue weighted by molar-refractivity contribution is 7.92. The van der Waals surface area contributed by atoms with Crippen molar-refractivity contribution >= 4 is 50.5 Å². The van der Waals surface area contributed by atoms with Crippen LogP contribution < -0.4 is 26.0 Å². The molecular weight excluding hydrogens is 478 g/mol. The summed E-state index contributed by atoms with van der Waals surface area (Å²) in [7, 11) is -4.08. The maximum Gasteiger partial charge on any atom is 0.323 e. The standard InChI is InChI=1S/C26H23N5O4S/c32-25(27-19-10-4-1-5-11-19)29-22-16-17-24(36(34,35)31-21-14-8-3-9-15-21)23(18-22)30-26(33)28-20-12-6-2-7-13-20/h1-18,31H,(H2,27,29,32)(H2,28,30,33). The minimum atomic E-state index is -4.08. The first kappa shape index (κ1) is 24.3. The highest BCUT2D eigenvalue weighted by Gasteiger charge is 2.21. The molecule has 0 saturated heterocycles. The van der Waals surface area contributed by atoms with E-state index in [1.165, 1.54) is 18.2 Å². The van der Waals surface area contributed by atoms with Crippen LogP contribution in [0.15, 0.2) is 114 Å². The minimum absolute atomic E-state index is 0.0237. The van der Waals surface area contributed by atoms with E-state index in [1.807, 2.05) is 6.07 Å². The van der Waals surface area contributed by atoms with Crippen molar-refractivity contribution in [3.8, 4) is 0 Å². The summed E-state index contributed by atoms with van der Waals surface area (Å²) in [5, 5.41) is 10.5. The molecule has 0 spiro atoms. The Morgan fingerprint density at radius 3 is 1.47 bits per heavy atom. The average molecular weight is 502 g/mol. The molecule has 5 N–H and O–H groups in total. The summed E-state index contributed by atoms with van der Waals surface area (Å²) < 4.78 is 28.8. The minimum Gasteiger partial charge on any atom is -0.308 e. The Balaban J connectivity index is 1.59. The van der Waals surface area contributed by atoms with E-state index in [4.69, 9.17) is 0 Å². The van der Waals surface area contributed by atoms with Gasteiger partial charge in [-0.3, -0.25) is 4.72 Å². The molecule has 36 heavy (non-hydrogen) atoms. The molecule has 4 amide bonds. The first-order valence-corrected chi connectivity index (χ1v) is 12.4. The van der Waals surface area contributed by atoms with E-state index >= 15 is 0 Å². The van der Waals surface area contributed by atoms with Crippen molar-refractivity contribution in [1.29, 1.82) is 0 Å². The molecule has 0 aromatic heterocycles. The fourth-order valence-corrected chi connectivity index (χ4v) is 4.48. The Hall–Kier alpha value is -4.83. The van der Waals surface area contributed by atoms with Gasteiger partial charge in [0.25, 0.3) is 10.0 Å². The van der Waals surface area contributed by atoms with Crippen molar-refractivity contribution in [1.82, 2.24) is 0 Å². The third-order valence-corrected chi connectivity index (χ3v) is 6.30. The van der Waals surface area contributed by atoms with Crippen molar-refractivity contribution in [2.75, 3.05) is 26.0 Å². The molecule has 0 aliphatic heterocycles. The molecular formula is C26H23N5O4S. The number of sulfonamides is 1. The monoisotopic (exact) mass is 501 g/mol. The van der Waals surface area contributed by atoms with Gasteiger partial charge in [0.15, 0.2) is 0 Å². The van der Waals surface area contributed by atoms with E-state index in [9.17, 15) is 18.0 Å². The number of urea groups is 2. The Morgan fingerprint density at radius 2 is 0.944 bits per heavy atom. The lowest BCUT2D eigenvalue weighted by molar-refractivity contribution is 0.261. The van der Waals surface area contributed by atoms with E-state index in [0.29, 0.717) is 17.1 Å². The molecule has 0 radical (unpaired) electrons. The van der Waals surface area contributed by atoms with Gasteiger partial charge in [-0.25, -0.2) is 18.0 Å². The van der Waals surface area contributed by atoms with Gasteiger partial charge in [0.1, 0.15) is 4.90 Å². The Labute approximate surface area is 208 Å². The van der Waals surface area contributed by atoms with Crippen molar-refractivity contribution in [2.45, 2.75) is 4.90 Å². The molecule has 0 aliphatic carbocycles. The van der Waals surface area contributed by atoms with Crippen LogP contribution in [0.2, 0.25) is 0 Å². The Kier molecular flexibility index (Phi) is 7.47. The second kappa shape index (κ2) is 11.1. The molecule has 0 heterocycles. The summed E-state index contributed by atoms with van der Waals surface area (Å²) in [4.78, 5) is 24.9. The van der Waals surface area contributed by atoms with Crippen LogP contribution in [-0.2, 0) is 10.0 Å². The van der Waals surface area contributed by atoms with Gasteiger partial charge in [-0.15, -0.1) is 0 Å². The molecule has 0 aliphatic rings. The topological polar surface area (TPSA) is 128 Å². The zero-order valence-electron chi connectivity index (χ0n) is 18.9. The number of amides is 4. The molecule has 0 bridgehead atoms. The maximum atomic E-state index is 13.2. The quantitative estimate of drug-likeness (QED) is 0.220. The van der Waals surface area contributed by atoms with E-state index < -0.39 is 22.1 Å². The van der Waals surface area contributed by atoms with Crippen molar-refractivity contribution in [2.24, 2.45) is 0 Å². The van der Waals surface area contributed by atoms with Crippen molar-refractivity contribution in [3.63, 3.8) is 0 Å². The van der Waals surface area contributed by atoms with Crippen LogP contribution in [0, 0.1) is 0 Å². The normalized spacial score (nSPS) is 10.7. The van der Waals surface area contributed by atoms with Crippen LogP contribution in [0.4, 0.5) is 38.0 Å². The van der Waals surface area contributed by atoms with Gasteiger partial charge in [-0.05, 0) is 54.6 Å². The second-order valence-electron chi connectivity index (χ2n) is 7.57. The smallest absolute Gasteiger partial charge is 0.308 e. The summed E-state index contributed by atoms with van der Waals surface area (Å²) >= 11 is 0. The van der Waals surface area contributed by atoms with Crippen LogP contribution in [0.3, 0.4) is 0 Å². The fourth-order valence-electron chi connectivity index (χ4n) is 3.28. The van der Waals surface area contributed by atoms with Gasteiger partial charge in [-0.2, -0.15) is 0 Å². The van der Waals surface area contributed by atoms with Gasteiger partial charge in [-0.1, -0.05) is 54.6 Å². The van der Waals surface area contributed by atoms with Gasteiger partial charge >= 0.3 is 12.1 Å². The second-order valence-corrected chi connectivity index (χ2v) is 9.22. The van der Waals surface area contributed by atoms with Crippen molar-refractivity contribution < 1.29 is 18.0 Å². The predicted octanol–water partition coefficient (Wildman–Crippen LogP) is 5.78. The largest absolute Gasteiger partial charge is 0.323 e. The number of carbonyl (C=O) groups excluding carboxylic acids is 2. The number of para-hydroxylation sites is 3. The van der Waals surface area contributed by atoms with Crippen LogP contribution in [0.5, 0.6) is 0 Å². The summed E-state index contributed by atoms with van der Waals surface area (Å²) in [6.45, 7) is 0. The molecule has 4 aromatic rings. The van der Waals surface area contributed by atoms with E-state index in [-0.39, 0.29) is 16.3 Å². The van der Waals surface area contributed by atoms with Gasteiger partial charge in [0.05, 0.1) is 5.69 Å². The van der Waals surface area contributed by atoms with Crippen LogP contribution in [-0.4, -0.2) is 20.5 Å². The first-order valence-electron chi connectivity index (χ1n) is 10.9. The van der Waals surface area contributed by atoms with Crippen LogP contribution >= 0.6 is 0 Å². The van der Waals surface area contributed by atoms with E-state index in [0.717, 1.165) is 0 Å². The lowest BCUT2D eigenvalue weighted by atomic mass is 10.2. The fraction of sp³-hybridized carbons (Fsp3) is 0. The number of carbonyl (C=O) groups is 2. The summed E-state index contributed by atoms with van der Waals surface area (Å²) in [5.74, 6) is 0. The zero-order chi connectivity index (χ0) is 25.4. The first-order chi connectivity index (χ1) is 17.4. The number of hydrogen-bond acceptors (Lipinski definition) is 4. The molecule has 0 unspecified atom stereocenters. The molecule has 0 fully saturated rings. The van der Waals surface area contributed by atoms with Crippen molar-refractivity contribution in [3.05, 3.63) is 109 Å². The molecule has 9 nitrogen and oxygen atoms in total. The number of hydrogen-bond donors (Lipinski definition) is 5. The SMILES string of the molecule is O=C(Nc1ccccc1)Nc1ccc(S(=O)(=O)Nc2ccccc2)c(NC(=O)Nc2ccccc2)c1. The van der Waals surface area contributed by atoms with Gasteiger partial charge < -0.3 is 21.3 Å². The lowest BCUT2D eigenvalue weighted by Gasteiger charge is -2.16. The Bertz CT molecular complexity index is 1450. The van der Waals surface area contributed by atoms with E-state index in [1.54, 1.807) is 84.9 Å². The highest BCUT2D eigenvalue weighted by Crippen LogP contribution is 2.28. The molecule has 10 heteroatoms. The molecule has 4 rings (SSSR count). The van der Waals surface area contributed by atoms with Crippen LogP contribution in [0.25, 0.3) is 0 Å². The third-order valence-electron chi connectivity index (χ3n) is 4.86. The van der Waals surface area contributed by atoms with E-state index in [2.05, 4.69) is 26.0 Å². The molecule has 0 saturated carbocycles. The summed E-state index contributed by atoms with van der Waals surface area (Å²) in [5.41, 5.74) is 1.73. The maximum absolute atomic E-state index is 13.2. The summed E-state index contributed by atoms with van der Waals surface area (Å²) in [6.07, 6.45) is 0. The predicted molar refractivity (Wildman–Crippen MR) is 142 cm³/mol. The number of nitrogens with one attached hydrogen (secondary N) is 5. The lowest BCUT2D eigenvalue weighted by Crippen LogP contribution is -2.23. The average Bonchev–Trinajstić information content (AvgIpc) is 2.85. The number of benzene rings is 4. The van der Waals surface area contributed by atoms with Gasteiger partial charge in [0.2, 0.25) is 0 Å². The summed E-state index contributed by atoms with van der Waals surface area (Å²) in [6, 6.07) is 28.8. The third kappa shape index (κ3) is 6.61. The highest BCUT2D eigenvalue weighted by atomic mass is 32.2. The molecule has 182 valence electrons. The van der Waals surface area contributed by atoms with Crippen LogP contribution in [0.1, 0.15) is 0 Å².